The van der Waals surface area contributed by atoms with Crippen molar-refractivity contribution < 1.29 is 9.53 Å². The van der Waals surface area contributed by atoms with Gasteiger partial charge in [-0.05, 0) is 67.8 Å². The van der Waals surface area contributed by atoms with E-state index in [4.69, 9.17) is 19.7 Å². The van der Waals surface area contributed by atoms with E-state index in [-0.39, 0.29) is 12.5 Å². The van der Waals surface area contributed by atoms with E-state index in [1.165, 1.54) is 0 Å². The van der Waals surface area contributed by atoms with Gasteiger partial charge in [0.15, 0.2) is 0 Å². The van der Waals surface area contributed by atoms with Crippen molar-refractivity contribution in [2.24, 2.45) is 7.05 Å². The molecule has 0 unspecified atom stereocenters. The van der Waals surface area contributed by atoms with Crippen LogP contribution in [0.5, 0.6) is 0 Å². The SMILES string of the molecule is CCCc1nc2c(C)cc(-c3nc4ccccc4n3C)cc2n1Cc1ccc2c(c1)nc(-c1ccccc1)n2CC(=O)OCC. The average Bonchev–Trinajstić information content (AvgIpc) is 3.69. The zero-order valence-corrected chi connectivity index (χ0v) is 26.1. The minimum atomic E-state index is -0.279. The molecule has 0 fully saturated rings. The number of para-hydroxylation sites is 2. The lowest BCUT2D eigenvalue weighted by Crippen LogP contribution is -2.14. The minimum absolute atomic E-state index is 0.102. The summed E-state index contributed by atoms with van der Waals surface area (Å²) in [7, 11) is 2.07. The molecule has 0 N–H and O–H groups in total. The first kappa shape index (κ1) is 28.5. The number of ether oxygens (including phenoxy) is 1. The Morgan fingerprint density at radius 3 is 2.31 bits per heavy atom. The normalized spacial score (nSPS) is 11.6. The highest BCUT2D eigenvalue weighted by Crippen LogP contribution is 2.31. The molecule has 0 atom stereocenters. The van der Waals surface area contributed by atoms with Crippen molar-refractivity contribution in [1.29, 1.82) is 0 Å². The van der Waals surface area contributed by atoms with Gasteiger partial charge in [0.25, 0.3) is 0 Å². The molecule has 0 bridgehead atoms. The summed E-state index contributed by atoms with van der Waals surface area (Å²) in [5, 5.41) is 0. The van der Waals surface area contributed by atoms with Gasteiger partial charge in [-0.25, -0.2) is 15.0 Å². The molecule has 4 aromatic carbocycles. The number of hydrogen-bond donors (Lipinski definition) is 0. The third-order valence-corrected chi connectivity index (χ3v) is 8.42. The molecule has 0 aliphatic carbocycles. The van der Waals surface area contributed by atoms with Crippen molar-refractivity contribution in [2.45, 2.75) is 46.7 Å². The van der Waals surface area contributed by atoms with Crippen LogP contribution in [0, 0.1) is 6.92 Å². The molecular formula is C37H36N6O2. The summed E-state index contributed by atoms with van der Waals surface area (Å²) in [6.45, 7) is 7.24. The standard InChI is InChI=1S/C37H36N6O2/c1-5-12-33-40-35-24(3)19-27(36-38-28-15-10-11-16-30(28)41(36)4)21-32(35)42(33)22-25-17-18-31-29(20-25)39-37(26-13-8-7-9-14-26)43(31)23-34(44)45-6-2/h7-11,13-21H,5-6,12,22-23H2,1-4H3. The molecule has 226 valence electrons. The van der Waals surface area contributed by atoms with Gasteiger partial charge in [0.05, 0.1) is 39.7 Å². The molecule has 3 aromatic heterocycles. The number of carbonyl (C=O) groups excluding carboxylic acids is 1. The third-order valence-electron chi connectivity index (χ3n) is 8.42. The van der Waals surface area contributed by atoms with Crippen LogP contribution in [-0.4, -0.2) is 41.2 Å². The fourth-order valence-electron chi connectivity index (χ4n) is 6.32. The van der Waals surface area contributed by atoms with Crippen molar-refractivity contribution >= 4 is 39.1 Å². The van der Waals surface area contributed by atoms with Gasteiger partial charge in [0.1, 0.15) is 24.0 Å². The number of nitrogens with zero attached hydrogens (tertiary/aromatic N) is 6. The predicted octanol–water partition coefficient (Wildman–Crippen LogP) is 7.48. The van der Waals surface area contributed by atoms with E-state index in [0.29, 0.717) is 13.2 Å². The van der Waals surface area contributed by atoms with Gasteiger partial charge >= 0.3 is 5.97 Å². The highest BCUT2D eigenvalue weighted by molar-refractivity contribution is 5.88. The summed E-state index contributed by atoms with van der Waals surface area (Å²) in [6.07, 6.45) is 1.88. The summed E-state index contributed by atoms with van der Waals surface area (Å²) in [5.74, 6) is 2.47. The maximum Gasteiger partial charge on any atom is 0.326 e. The van der Waals surface area contributed by atoms with Crippen LogP contribution in [0.15, 0.2) is 84.9 Å². The Morgan fingerprint density at radius 2 is 1.53 bits per heavy atom. The number of aromatic nitrogens is 6. The molecule has 7 rings (SSSR count). The smallest absolute Gasteiger partial charge is 0.326 e. The Hall–Kier alpha value is -5.24. The van der Waals surface area contributed by atoms with Crippen molar-refractivity contribution in [1.82, 2.24) is 28.7 Å². The molecule has 7 aromatic rings. The second-order valence-electron chi connectivity index (χ2n) is 11.5. The van der Waals surface area contributed by atoms with Gasteiger partial charge in [-0.3, -0.25) is 4.79 Å². The molecule has 0 saturated carbocycles. The van der Waals surface area contributed by atoms with Crippen molar-refractivity contribution in [3.63, 3.8) is 0 Å². The van der Waals surface area contributed by atoms with Crippen LogP contribution in [0.25, 0.3) is 55.9 Å². The Balaban J connectivity index is 1.33. The van der Waals surface area contributed by atoms with Crippen LogP contribution >= 0.6 is 0 Å². The Kier molecular flexibility index (Phi) is 7.41. The number of imidazole rings is 3. The summed E-state index contributed by atoms with van der Waals surface area (Å²) in [5.41, 5.74) is 10.2. The van der Waals surface area contributed by atoms with E-state index < -0.39 is 0 Å². The van der Waals surface area contributed by atoms with E-state index >= 15 is 0 Å². The van der Waals surface area contributed by atoms with Crippen LogP contribution < -0.4 is 0 Å². The number of aryl methyl sites for hydroxylation is 3. The van der Waals surface area contributed by atoms with E-state index in [0.717, 1.165) is 85.7 Å². The highest BCUT2D eigenvalue weighted by Gasteiger charge is 2.19. The molecule has 8 heteroatoms. The van der Waals surface area contributed by atoms with Crippen LogP contribution in [0.2, 0.25) is 0 Å². The average molecular weight is 597 g/mol. The van der Waals surface area contributed by atoms with Gasteiger partial charge in [0.2, 0.25) is 0 Å². The predicted molar refractivity (Wildman–Crippen MR) is 179 cm³/mol. The molecule has 8 nitrogen and oxygen atoms in total. The highest BCUT2D eigenvalue weighted by atomic mass is 16.5. The second-order valence-corrected chi connectivity index (χ2v) is 11.5. The first-order chi connectivity index (χ1) is 21.9. The molecule has 45 heavy (non-hydrogen) atoms. The lowest BCUT2D eigenvalue weighted by molar-refractivity contribution is -0.143. The van der Waals surface area contributed by atoms with Gasteiger partial charge in [-0.15, -0.1) is 0 Å². The zero-order valence-electron chi connectivity index (χ0n) is 26.1. The summed E-state index contributed by atoms with van der Waals surface area (Å²) >= 11 is 0. The van der Waals surface area contributed by atoms with Crippen molar-refractivity contribution in [2.75, 3.05) is 6.61 Å². The number of hydrogen-bond acceptors (Lipinski definition) is 5. The monoisotopic (exact) mass is 596 g/mol. The van der Waals surface area contributed by atoms with Gasteiger partial charge in [0, 0.05) is 31.1 Å². The van der Waals surface area contributed by atoms with Gasteiger partial charge in [-0.2, -0.15) is 0 Å². The van der Waals surface area contributed by atoms with Gasteiger partial charge < -0.3 is 18.4 Å². The van der Waals surface area contributed by atoms with Crippen molar-refractivity contribution in [3.05, 3.63) is 102 Å². The van der Waals surface area contributed by atoms with E-state index in [1.54, 1.807) is 0 Å². The molecule has 0 aliphatic rings. The Bertz CT molecular complexity index is 2190. The number of carbonyl (C=O) groups is 1. The molecule has 0 amide bonds. The van der Waals surface area contributed by atoms with Crippen molar-refractivity contribution in [3.8, 4) is 22.8 Å². The largest absolute Gasteiger partial charge is 0.465 e. The van der Waals surface area contributed by atoms with Gasteiger partial charge in [-0.1, -0.05) is 55.5 Å². The summed E-state index contributed by atoms with van der Waals surface area (Å²) in [4.78, 5) is 27.7. The summed E-state index contributed by atoms with van der Waals surface area (Å²) in [6, 6.07) is 29.0. The Morgan fingerprint density at radius 1 is 0.756 bits per heavy atom. The maximum absolute atomic E-state index is 12.6. The summed E-state index contributed by atoms with van der Waals surface area (Å²) < 4.78 is 11.8. The van der Waals surface area contributed by atoms with Crippen LogP contribution in [0.4, 0.5) is 0 Å². The maximum atomic E-state index is 12.6. The molecule has 0 radical (unpaired) electrons. The fraction of sp³-hybridized carbons (Fsp3) is 0.243. The first-order valence-electron chi connectivity index (χ1n) is 15.6. The molecule has 0 saturated heterocycles. The number of rotatable bonds is 9. The fourth-order valence-corrected chi connectivity index (χ4v) is 6.32. The molecular weight excluding hydrogens is 560 g/mol. The minimum Gasteiger partial charge on any atom is -0.465 e. The third kappa shape index (κ3) is 5.16. The topological polar surface area (TPSA) is 79.8 Å². The van der Waals surface area contributed by atoms with E-state index in [2.05, 4.69) is 72.5 Å². The van der Waals surface area contributed by atoms with Crippen LogP contribution in [0.1, 0.15) is 37.2 Å². The van der Waals surface area contributed by atoms with E-state index in [1.807, 2.05) is 54.0 Å². The lowest BCUT2D eigenvalue weighted by atomic mass is 10.1. The molecule has 0 spiro atoms. The lowest BCUT2D eigenvalue weighted by Gasteiger charge is -2.11. The Labute approximate surface area is 261 Å². The van der Waals surface area contributed by atoms with E-state index in [9.17, 15) is 4.79 Å². The number of esters is 1. The van der Waals surface area contributed by atoms with Crippen LogP contribution in [-0.2, 0) is 36.1 Å². The quantitative estimate of drug-likeness (QED) is 0.162. The molecule has 3 heterocycles. The second kappa shape index (κ2) is 11.7. The number of fused-ring (bicyclic) bond motifs is 3. The first-order valence-corrected chi connectivity index (χ1v) is 15.6. The zero-order chi connectivity index (χ0) is 31.1. The number of benzene rings is 4. The molecule has 0 aliphatic heterocycles. The van der Waals surface area contributed by atoms with Crippen LogP contribution in [0.3, 0.4) is 0 Å².